The first-order valence-electron chi connectivity index (χ1n) is 12.9. The van der Waals surface area contributed by atoms with Gasteiger partial charge in [0.05, 0.1) is 0 Å². The van der Waals surface area contributed by atoms with E-state index in [-0.39, 0.29) is 40.2 Å². The summed E-state index contributed by atoms with van der Waals surface area (Å²) >= 11 is 4.77. The van der Waals surface area contributed by atoms with Crippen LogP contribution in [0.15, 0.2) is 38.6 Å². The van der Waals surface area contributed by atoms with Gasteiger partial charge in [-0.2, -0.15) is 0 Å². The molecule has 18 nitrogen and oxygen atoms in total. The van der Waals surface area contributed by atoms with Crippen LogP contribution in [-0.4, -0.2) is 107 Å². The highest BCUT2D eigenvalue weighted by Gasteiger charge is 2.57. The number of carbonyl (C=O) groups excluding carboxylic acids is 4. The summed E-state index contributed by atoms with van der Waals surface area (Å²) in [6, 6.07) is 2.31. The van der Waals surface area contributed by atoms with Crippen molar-refractivity contribution in [2.24, 2.45) is 10.6 Å². The standard InChI is InChI=1S/C24H23N9O9S4/c25-22-27-11(5-43-22)15(32-42-4-14(36)29-30-17(37)10-1-2-12(34)13(35)3-10)18(38)28-16-19(39)33-6-24(21(40)41,7-44-20(16)33)8-45-23-31-26-9-46-23/h1-3,5,9,16,20,34-35H,4,6-8H2,(H2,25,27)(H,28,38)(H,29,36)(H,30,37)(H,40,41)/t16?,20-,24?/m1/s1. The van der Waals surface area contributed by atoms with Gasteiger partial charge in [0.1, 0.15) is 28.0 Å². The number of benzene rings is 1. The van der Waals surface area contributed by atoms with Crippen LogP contribution in [-0.2, 0) is 24.0 Å². The molecule has 8 N–H and O–H groups in total. The predicted molar refractivity (Wildman–Crippen MR) is 165 cm³/mol. The van der Waals surface area contributed by atoms with Crippen LogP contribution in [0.1, 0.15) is 16.1 Å². The molecule has 0 saturated carbocycles. The van der Waals surface area contributed by atoms with Crippen molar-refractivity contribution in [3.05, 3.63) is 40.3 Å². The van der Waals surface area contributed by atoms with Crippen molar-refractivity contribution >= 4 is 86.6 Å². The van der Waals surface area contributed by atoms with Gasteiger partial charge in [-0.15, -0.1) is 33.3 Å². The van der Waals surface area contributed by atoms with E-state index in [1.165, 1.54) is 51.2 Å². The third kappa shape index (κ3) is 7.08. The lowest BCUT2D eigenvalue weighted by atomic mass is 9.89. The van der Waals surface area contributed by atoms with Crippen LogP contribution in [0, 0.1) is 5.41 Å². The Hall–Kier alpha value is -4.67. The first-order valence-corrected chi connectivity index (χ1v) is 16.6. The zero-order valence-corrected chi connectivity index (χ0v) is 26.4. The van der Waals surface area contributed by atoms with Crippen molar-refractivity contribution in [2.45, 2.75) is 15.8 Å². The maximum absolute atomic E-state index is 13.3. The lowest BCUT2D eigenvalue weighted by molar-refractivity contribution is -0.157. The summed E-state index contributed by atoms with van der Waals surface area (Å²) in [6.07, 6.45) is 0. The first-order chi connectivity index (χ1) is 22.0. The number of nitrogens with zero attached hydrogens (tertiary/aromatic N) is 5. The van der Waals surface area contributed by atoms with Gasteiger partial charge in [-0.3, -0.25) is 34.8 Å². The number of aromatic hydroxyl groups is 2. The average Bonchev–Trinajstić information content (AvgIpc) is 3.72. The fourth-order valence-electron chi connectivity index (χ4n) is 4.20. The molecule has 3 atom stereocenters. The second kappa shape index (κ2) is 13.8. The molecule has 2 aliphatic rings. The van der Waals surface area contributed by atoms with Crippen molar-refractivity contribution in [3.63, 3.8) is 0 Å². The molecule has 0 spiro atoms. The zero-order valence-electron chi connectivity index (χ0n) is 23.1. The maximum atomic E-state index is 13.3. The van der Waals surface area contributed by atoms with Crippen LogP contribution in [0.4, 0.5) is 5.13 Å². The number of carboxylic acids is 1. The topological polar surface area (TPSA) is 272 Å². The van der Waals surface area contributed by atoms with Crippen LogP contribution in [0.25, 0.3) is 0 Å². The Morgan fingerprint density at radius 2 is 2.00 bits per heavy atom. The molecule has 4 amide bonds. The van der Waals surface area contributed by atoms with E-state index in [2.05, 4.69) is 36.5 Å². The van der Waals surface area contributed by atoms with Gasteiger partial charge in [-0.05, 0) is 18.2 Å². The molecule has 2 aliphatic heterocycles. The number of phenols is 2. The second-order valence-electron chi connectivity index (χ2n) is 9.69. The van der Waals surface area contributed by atoms with Crippen LogP contribution >= 0.6 is 46.2 Å². The highest BCUT2D eigenvalue weighted by Crippen LogP contribution is 2.44. The third-order valence-electron chi connectivity index (χ3n) is 6.58. The number of rotatable bonds is 11. The maximum Gasteiger partial charge on any atom is 0.313 e. The van der Waals surface area contributed by atoms with Crippen LogP contribution in [0.2, 0.25) is 0 Å². The van der Waals surface area contributed by atoms with Gasteiger partial charge in [0.25, 0.3) is 17.7 Å². The number of amides is 4. The van der Waals surface area contributed by atoms with Crippen LogP contribution in [0.3, 0.4) is 0 Å². The Morgan fingerprint density at radius 3 is 2.67 bits per heavy atom. The Labute approximate surface area is 274 Å². The van der Waals surface area contributed by atoms with Gasteiger partial charge >= 0.3 is 5.97 Å². The summed E-state index contributed by atoms with van der Waals surface area (Å²) in [4.78, 5) is 73.4. The number of nitrogens with two attached hydrogens (primary N) is 1. The minimum atomic E-state index is -1.23. The van der Waals surface area contributed by atoms with E-state index in [0.29, 0.717) is 4.34 Å². The number of β-lactam (4-membered cyclic amide) rings is 1. The van der Waals surface area contributed by atoms with E-state index in [9.17, 15) is 39.3 Å². The predicted octanol–water partition coefficient (Wildman–Crippen LogP) is -0.567. The van der Waals surface area contributed by atoms with E-state index >= 15 is 0 Å². The highest BCUT2D eigenvalue weighted by atomic mass is 32.2. The molecule has 242 valence electrons. The van der Waals surface area contributed by atoms with Crippen LogP contribution in [0.5, 0.6) is 11.5 Å². The summed E-state index contributed by atoms with van der Waals surface area (Å²) in [7, 11) is 0. The number of nitrogen functional groups attached to an aromatic ring is 1. The fourth-order valence-corrected chi connectivity index (χ4v) is 8.09. The molecule has 0 aliphatic carbocycles. The molecule has 2 saturated heterocycles. The van der Waals surface area contributed by atoms with Crippen molar-refractivity contribution in [1.29, 1.82) is 0 Å². The van der Waals surface area contributed by atoms with Gasteiger partial charge in [0, 0.05) is 29.0 Å². The summed E-state index contributed by atoms with van der Waals surface area (Å²) < 4.78 is 0.613. The molecule has 0 radical (unpaired) electrons. The molecule has 2 aromatic heterocycles. The number of thioether (sulfide) groups is 2. The van der Waals surface area contributed by atoms with E-state index in [4.69, 9.17) is 10.6 Å². The molecule has 0 bridgehead atoms. The molecule has 22 heteroatoms. The number of fused-ring (bicyclic) bond motifs is 1. The number of oxime groups is 1. The number of hydrazine groups is 1. The number of hydrogen-bond donors (Lipinski definition) is 7. The smallest absolute Gasteiger partial charge is 0.313 e. The molecular weight excluding hydrogens is 687 g/mol. The van der Waals surface area contributed by atoms with Gasteiger partial charge < -0.3 is 36.1 Å². The molecule has 4 heterocycles. The number of carboxylic acid groups (broad SMARTS) is 1. The fraction of sp³-hybridized carbons (Fsp3) is 0.292. The van der Waals surface area contributed by atoms with Crippen molar-refractivity contribution in [2.75, 3.05) is 30.4 Å². The second-order valence-corrected chi connectivity index (χ2v) is 13.7. The molecule has 2 unspecified atom stereocenters. The number of thiazole rings is 1. The Morgan fingerprint density at radius 1 is 1.20 bits per heavy atom. The van der Waals surface area contributed by atoms with E-state index in [1.54, 1.807) is 5.51 Å². The monoisotopic (exact) mass is 709 g/mol. The number of carbonyl (C=O) groups is 5. The number of aliphatic carboxylic acids is 1. The first kappa shape index (κ1) is 32.7. The average molecular weight is 710 g/mol. The number of nitrogens with one attached hydrogen (secondary N) is 3. The van der Waals surface area contributed by atoms with Gasteiger partial charge in [0.2, 0.25) is 5.91 Å². The van der Waals surface area contributed by atoms with E-state index in [1.807, 2.05) is 0 Å². The molecule has 2 fully saturated rings. The number of hydrogen-bond acceptors (Lipinski definition) is 17. The van der Waals surface area contributed by atoms with E-state index in [0.717, 1.165) is 23.5 Å². The SMILES string of the molecule is Nc1nc(C(=NOCC(=O)NNC(=O)c2ccc(O)c(O)c2)C(=O)NC2C(=O)N3CC(CSc4nncs4)(C(=O)O)CS[C@H]23)cs1. The molecule has 1 aromatic carbocycles. The summed E-state index contributed by atoms with van der Waals surface area (Å²) in [5.74, 6) is -4.66. The van der Waals surface area contributed by atoms with E-state index < -0.39 is 64.5 Å². The van der Waals surface area contributed by atoms with Gasteiger partial charge in [-0.25, -0.2) is 4.98 Å². The lowest BCUT2D eigenvalue weighted by Crippen LogP contribution is -2.74. The number of anilines is 1. The van der Waals surface area contributed by atoms with Gasteiger partial charge in [-0.1, -0.05) is 28.3 Å². The minimum absolute atomic E-state index is 0.0133. The van der Waals surface area contributed by atoms with Crippen molar-refractivity contribution < 1.29 is 44.1 Å². The normalized spacial score (nSPS) is 20.7. The van der Waals surface area contributed by atoms with Crippen LogP contribution < -0.4 is 21.9 Å². The quantitative estimate of drug-likeness (QED) is 0.0432. The molecule has 5 rings (SSSR count). The Balaban J connectivity index is 1.18. The minimum Gasteiger partial charge on any atom is -0.504 e. The third-order valence-corrected chi connectivity index (χ3v) is 11.0. The van der Waals surface area contributed by atoms with Crippen molar-refractivity contribution in [1.82, 2.24) is 36.2 Å². The number of phenolic OH excluding ortho intramolecular Hbond substituents is 2. The summed E-state index contributed by atoms with van der Waals surface area (Å²) in [6.45, 7) is -0.804. The lowest BCUT2D eigenvalue weighted by Gasteiger charge is -2.53. The zero-order chi connectivity index (χ0) is 33.0. The highest BCUT2D eigenvalue weighted by molar-refractivity contribution is 8.01. The summed E-state index contributed by atoms with van der Waals surface area (Å²) in [5, 5.41) is 43.9. The Kier molecular flexibility index (Phi) is 9.79. The molecular formula is C24H23N9O9S4. The van der Waals surface area contributed by atoms with Gasteiger partial charge in [0.15, 0.2) is 33.3 Å². The number of aromatic nitrogens is 3. The molecule has 46 heavy (non-hydrogen) atoms. The largest absolute Gasteiger partial charge is 0.504 e. The summed E-state index contributed by atoms with van der Waals surface area (Å²) in [5.41, 5.74) is 9.74. The van der Waals surface area contributed by atoms with Crippen molar-refractivity contribution in [3.8, 4) is 11.5 Å². The Bertz CT molecular complexity index is 1700. The molecule has 3 aromatic rings.